The van der Waals surface area contributed by atoms with Crippen molar-refractivity contribution in [2.75, 3.05) is 6.54 Å². The smallest absolute Gasteiger partial charge is 0.182 e. The molecule has 0 unspecified atom stereocenters. The van der Waals surface area contributed by atoms with E-state index in [0.29, 0.717) is 17.6 Å². The molecule has 0 saturated carbocycles. The van der Waals surface area contributed by atoms with Crippen molar-refractivity contribution in [2.45, 2.75) is 6.42 Å². The average Bonchev–Trinajstić information content (AvgIpc) is 1.85. The predicted molar refractivity (Wildman–Crippen MR) is 47.5 cm³/mol. The van der Waals surface area contributed by atoms with E-state index in [-0.39, 0.29) is 5.43 Å². The molecule has 1 rings (SSSR count). The van der Waals surface area contributed by atoms with E-state index in [0.717, 1.165) is 5.69 Å². The highest BCUT2D eigenvalue weighted by atomic mass is 79.9. The lowest BCUT2D eigenvalue weighted by molar-refractivity contribution is 0.914. The van der Waals surface area contributed by atoms with Gasteiger partial charge in [-0.1, -0.05) is 0 Å². The highest BCUT2D eigenvalue weighted by Crippen LogP contribution is 2.02. The van der Waals surface area contributed by atoms with Gasteiger partial charge in [-0.05, 0) is 28.9 Å². The van der Waals surface area contributed by atoms with E-state index in [1.807, 2.05) is 0 Å². The second-order valence-corrected chi connectivity index (χ2v) is 3.08. The monoisotopic (exact) mass is 216 g/mol. The van der Waals surface area contributed by atoms with Gasteiger partial charge in [0.1, 0.15) is 0 Å². The number of hydrogen-bond acceptors (Lipinski definition) is 2. The van der Waals surface area contributed by atoms with Gasteiger partial charge >= 0.3 is 0 Å². The predicted octanol–water partition coefficient (Wildman–Crippen LogP) is 0.639. The zero-order chi connectivity index (χ0) is 8.27. The molecular weight excluding hydrogens is 208 g/mol. The summed E-state index contributed by atoms with van der Waals surface area (Å²) in [6, 6.07) is 3.04. The van der Waals surface area contributed by atoms with E-state index in [9.17, 15) is 4.79 Å². The molecule has 0 bridgehead atoms. The Bertz CT molecular complexity index is 295. The number of nitrogens with one attached hydrogen (secondary N) is 1. The maximum Gasteiger partial charge on any atom is 0.182 e. The third-order valence-corrected chi connectivity index (χ3v) is 1.71. The van der Waals surface area contributed by atoms with Crippen molar-refractivity contribution in [3.63, 3.8) is 0 Å². The van der Waals surface area contributed by atoms with Crippen LogP contribution in [0.5, 0.6) is 0 Å². The van der Waals surface area contributed by atoms with Crippen LogP contribution in [0.1, 0.15) is 5.69 Å². The molecule has 1 aromatic heterocycles. The first-order valence-corrected chi connectivity index (χ1v) is 4.10. The lowest BCUT2D eigenvalue weighted by Gasteiger charge is -1.98. The third kappa shape index (κ3) is 2.48. The van der Waals surface area contributed by atoms with Crippen molar-refractivity contribution >= 4 is 15.9 Å². The standard InChI is InChI=1S/C7H9BrN2O/c8-7-4-6(11)3-5(10-7)1-2-9/h3-4H,1-2,9H2,(H,10,11). The molecule has 4 heteroatoms. The Morgan fingerprint density at radius 1 is 1.55 bits per heavy atom. The highest BCUT2D eigenvalue weighted by Gasteiger charge is 1.94. The first-order chi connectivity index (χ1) is 5.22. The molecule has 0 aliphatic rings. The normalized spacial score (nSPS) is 10.0. The molecular formula is C7H9BrN2O. The summed E-state index contributed by atoms with van der Waals surface area (Å²) in [5.74, 6) is 0. The summed E-state index contributed by atoms with van der Waals surface area (Å²) >= 11 is 3.19. The van der Waals surface area contributed by atoms with Crippen molar-refractivity contribution in [3.8, 4) is 0 Å². The maximum absolute atomic E-state index is 10.9. The minimum atomic E-state index is -0.000856. The first-order valence-electron chi connectivity index (χ1n) is 3.31. The Hall–Kier alpha value is -0.610. The molecule has 1 aromatic rings. The van der Waals surface area contributed by atoms with Crippen molar-refractivity contribution in [1.29, 1.82) is 0 Å². The third-order valence-electron chi connectivity index (χ3n) is 1.28. The fourth-order valence-electron chi connectivity index (χ4n) is 0.854. The molecule has 1 heterocycles. The van der Waals surface area contributed by atoms with Crippen LogP contribution in [0.25, 0.3) is 0 Å². The molecule has 0 fully saturated rings. The van der Waals surface area contributed by atoms with Gasteiger partial charge in [0.25, 0.3) is 0 Å². The van der Waals surface area contributed by atoms with Crippen LogP contribution in [0.15, 0.2) is 21.5 Å². The molecule has 0 spiro atoms. The van der Waals surface area contributed by atoms with Gasteiger partial charge in [-0.15, -0.1) is 0 Å². The van der Waals surface area contributed by atoms with E-state index in [2.05, 4.69) is 20.9 Å². The van der Waals surface area contributed by atoms with Gasteiger partial charge < -0.3 is 10.7 Å². The molecule has 0 aliphatic carbocycles. The molecule has 60 valence electrons. The number of hydrogen-bond donors (Lipinski definition) is 2. The van der Waals surface area contributed by atoms with Gasteiger partial charge in [-0.2, -0.15) is 0 Å². The maximum atomic E-state index is 10.9. The van der Waals surface area contributed by atoms with Crippen LogP contribution >= 0.6 is 15.9 Å². The van der Waals surface area contributed by atoms with Gasteiger partial charge in [0.05, 0.1) is 4.60 Å². The second-order valence-electron chi connectivity index (χ2n) is 2.23. The quantitative estimate of drug-likeness (QED) is 0.714. The fraction of sp³-hybridized carbons (Fsp3) is 0.286. The zero-order valence-electron chi connectivity index (χ0n) is 5.93. The zero-order valence-corrected chi connectivity index (χ0v) is 7.52. The van der Waals surface area contributed by atoms with E-state index in [4.69, 9.17) is 5.73 Å². The molecule has 0 aliphatic heterocycles. The van der Waals surface area contributed by atoms with Crippen LogP contribution in [0.3, 0.4) is 0 Å². The first kappa shape index (κ1) is 8.49. The number of pyridine rings is 1. The SMILES string of the molecule is NCCc1cc(=O)cc(Br)[nH]1. The summed E-state index contributed by atoms with van der Waals surface area (Å²) in [7, 11) is 0. The van der Waals surface area contributed by atoms with E-state index < -0.39 is 0 Å². The number of halogens is 1. The number of H-pyrrole nitrogens is 1. The number of aromatic nitrogens is 1. The summed E-state index contributed by atoms with van der Waals surface area (Å²) < 4.78 is 0.702. The molecule has 11 heavy (non-hydrogen) atoms. The van der Waals surface area contributed by atoms with Gasteiger partial charge in [-0.25, -0.2) is 0 Å². The Labute approximate surface area is 72.7 Å². The Balaban J connectivity index is 2.99. The Morgan fingerprint density at radius 2 is 2.27 bits per heavy atom. The molecule has 0 amide bonds. The van der Waals surface area contributed by atoms with Crippen molar-refractivity contribution in [2.24, 2.45) is 5.73 Å². The summed E-state index contributed by atoms with van der Waals surface area (Å²) in [6.07, 6.45) is 0.703. The largest absolute Gasteiger partial charge is 0.353 e. The molecule has 0 radical (unpaired) electrons. The summed E-state index contributed by atoms with van der Waals surface area (Å²) in [4.78, 5) is 13.9. The molecule has 0 aromatic carbocycles. The molecule has 0 saturated heterocycles. The van der Waals surface area contributed by atoms with Gasteiger partial charge in [-0.3, -0.25) is 4.79 Å². The number of rotatable bonds is 2. The van der Waals surface area contributed by atoms with Crippen LogP contribution in [-0.4, -0.2) is 11.5 Å². The lowest BCUT2D eigenvalue weighted by atomic mass is 10.3. The molecule has 3 nitrogen and oxygen atoms in total. The van der Waals surface area contributed by atoms with Crippen molar-refractivity contribution in [1.82, 2.24) is 4.98 Å². The number of nitrogens with two attached hydrogens (primary N) is 1. The minimum Gasteiger partial charge on any atom is -0.353 e. The number of aromatic amines is 1. The van der Waals surface area contributed by atoms with Gasteiger partial charge in [0.2, 0.25) is 0 Å². The van der Waals surface area contributed by atoms with Crippen LogP contribution in [0, 0.1) is 0 Å². The molecule has 3 N–H and O–H groups in total. The molecule has 0 atom stereocenters. The minimum absolute atomic E-state index is 0.000856. The van der Waals surface area contributed by atoms with Crippen LogP contribution < -0.4 is 11.2 Å². The van der Waals surface area contributed by atoms with Gasteiger partial charge in [0, 0.05) is 17.8 Å². The summed E-state index contributed by atoms with van der Waals surface area (Å²) in [5, 5.41) is 0. The van der Waals surface area contributed by atoms with E-state index in [1.54, 1.807) is 6.07 Å². The van der Waals surface area contributed by atoms with Crippen molar-refractivity contribution in [3.05, 3.63) is 32.7 Å². The van der Waals surface area contributed by atoms with Crippen molar-refractivity contribution < 1.29 is 0 Å². The topological polar surface area (TPSA) is 58.9 Å². The Morgan fingerprint density at radius 3 is 2.82 bits per heavy atom. The van der Waals surface area contributed by atoms with Crippen LogP contribution in [0.4, 0.5) is 0 Å². The highest BCUT2D eigenvalue weighted by molar-refractivity contribution is 9.10. The van der Waals surface area contributed by atoms with Gasteiger partial charge in [0.15, 0.2) is 5.43 Å². The van der Waals surface area contributed by atoms with E-state index >= 15 is 0 Å². The fourth-order valence-corrected chi connectivity index (χ4v) is 1.33. The lowest BCUT2D eigenvalue weighted by Crippen LogP contribution is -2.08. The Kier molecular flexibility index (Phi) is 2.84. The summed E-state index contributed by atoms with van der Waals surface area (Å²) in [6.45, 7) is 0.548. The second kappa shape index (κ2) is 3.69. The van der Waals surface area contributed by atoms with Crippen LogP contribution in [-0.2, 0) is 6.42 Å². The average molecular weight is 217 g/mol. The van der Waals surface area contributed by atoms with E-state index in [1.165, 1.54) is 6.07 Å². The summed E-state index contributed by atoms with van der Waals surface area (Å²) in [5.41, 5.74) is 6.19. The van der Waals surface area contributed by atoms with Crippen LogP contribution in [0.2, 0.25) is 0 Å².